The fraction of sp³-hybridized carbons (Fsp3) is 0.222. The summed E-state index contributed by atoms with van der Waals surface area (Å²) in [6, 6.07) is 4.19. The zero-order valence-electron chi connectivity index (χ0n) is 7.16. The van der Waals surface area contributed by atoms with E-state index in [1.807, 2.05) is 0 Å². The van der Waals surface area contributed by atoms with Crippen LogP contribution in [0, 0.1) is 13.8 Å². The Labute approximate surface area is 72.5 Å². The summed E-state index contributed by atoms with van der Waals surface area (Å²) in [7, 11) is 1.69. The number of nitrogens with zero attached hydrogens (tertiary/aromatic N) is 1. The van der Waals surface area contributed by atoms with Gasteiger partial charge in [-0.05, 0) is 30.4 Å². The summed E-state index contributed by atoms with van der Waals surface area (Å²) in [5.41, 5.74) is 4.77. The second-order valence-electron chi connectivity index (χ2n) is 2.98. The number of hydrogen-bond acceptors (Lipinski definition) is 2. The minimum Gasteiger partial charge on any atom is -0.468 e. The first-order valence-electron chi connectivity index (χ1n) is 3.91. The molecular formula is C9H9BNO. The van der Waals surface area contributed by atoms with Crippen molar-refractivity contribution in [1.29, 1.82) is 0 Å². The first-order valence-corrected chi connectivity index (χ1v) is 3.91. The molecule has 0 bridgehead atoms. The zero-order chi connectivity index (χ0) is 8.55. The fourth-order valence-electron chi connectivity index (χ4n) is 1.35. The standard InChI is InChI=1S/C9H9BNO/c1-6-3-4-7(2)9-8(6)5-11-12-10-9/h3-5H,1-2H3. The van der Waals surface area contributed by atoms with Crippen molar-refractivity contribution in [2.75, 3.05) is 0 Å². The lowest BCUT2D eigenvalue weighted by molar-refractivity contribution is 0.370. The normalized spacial score (nSPS) is 13.2. The molecule has 1 heterocycles. The third kappa shape index (κ3) is 1.02. The minimum absolute atomic E-state index is 1.14. The van der Waals surface area contributed by atoms with E-state index < -0.39 is 0 Å². The van der Waals surface area contributed by atoms with Crippen molar-refractivity contribution in [2.24, 2.45) is 5.16 Å². The first kappa shape index (κ1) is 7.41. The van der Waals surface area contributed by atoms with Gasteiger partial charge >= 0.3 is 7.48 Å². The highest BCUT2D eigenvalue weighted by Crippen LogP contribution is 2.08. The molecule has 59 valence electrons. The van der Waals surface area contributed by atoms with Gasteiger partial charge in [-0.3, -0.25) is 0 Å². The number of rotatable bonds is 0. The van der Waals surface area contributed by atoms with E-state index >= 15 is 0 Å². The van der Waals surface area contributed by atoms with Gasteiger partial charge in [0.15, 0.2) is 0 Å². The average Bonchev–Trinajstić information content (AvgIpc) is 2.12. The largest absolute Gasteiger partial charge is 0.468 e. The summed E-state index contributed by atoms with van der Waals surface area (Å²) < 4.78 is 4.88. The minimum atomic E-state index is 1.14. The number of fused-ring (bicyclic) bond motifs is 1. The van der Waals surface area contributed by atoms with Crippen LogP contribution in [-0.2, 0) is 4.76 Å². The maximum absolute atomic E-state index is 4.88. The molecule has 12 heavy (non-hydrogen) atoms. The Bertz CT molecular complexity index is 347. The highest BCUT2D eigenvalue weighted by Gasteiger charge is 2.13. The van der Waals surface area contributed by atoms with Gasteiger partial charge in [-0.1, -0.05) is 17.7 Å². The molecule has 2 rings (SSSR count). The van der Waals surface area contributed by atoms with Crippen molar-refractivity contribution < 1.29 is 4.76 Å². The van der Waals surface area contributed by atoms with Crippen LogP contribution in [0.5, 0.6) is 0 Å². The van der Waals surface area contributed by atoms with E-state index in [1.165, 1.54) is 16.7 Å². The van der Waals surface area contributed by atoms with Crippen molar-refractivity contribution >= 4 is 19.2 Å². The molecule has 1 aromatic carbocycles. The molecule has 0 atom stereocenters. The number of aryl methyl sites for hydroxylation is 2. The predicted octanol–water partition coefficient (Wildman–Crippen LogP) is 0.912. The third-order valence-corrected chi connectivity index (χ3v) is 2.14. The van der Waals surface area contributed by atoms with Gasteiger partial charge in [0, 0.05) is 0 Å². The smallest absolute Gasteiger partial charge is 0.449 e. The number of benzene rings is 1. The quantitative estimate of drug-likeness (QED) is 0.514. The third-order valence-electron chi connectivity index (χ3n) is 2.14. The van der Waals surface area contributed by atoms with Crippen molar-refractivity contribution in [3.05, 3.63) is 28.8 Å². The highest BCUT2D eigenvalue weighted by molar-refractivity contribution is 6.50. The molecule has 3 heteroatoms. The Kier molecular flexibility index (Phi) is 1.64. The monoisotopic (exact) mass is 158 g/mol. The van der Waals surface area contributed by atoms with Gasteiger partial charge in [-0.2, -0.15) is 0 Å². The van der Waals surface area contributed by atoms with Crippen molar-refractivity contribution in [2.45, 2.75) is 13.8 Å². The average molecular weight is 158 g/mol. The Morgan fingerprint density at radius 3 is 2.75 bits per heavy atom. The highest BCUT2D eigenvalue weighted by atomic mass is 16.6. The Balaban J connectivity index is 2.67. The second-order valence-corrected chi connectivity index (χ2v) is 2.98. The van der Waals surface area contributed by atoms with Crippen LogP contribution in [0.3, 0.4) is 0 Å². The Morgan fingerprint density at radius 2 is 2.00 bits per heavy atom. The van der Waals surface area contributed by atoms with Crippen LogP contribution in [-0.4, -0.2) is 13.7 Å². The van der Waals surface area contributed by atoms with Gasteiger partial charge in [-0.25, -0.2) is 0 Å². The van der Waals surface area contributed by atoms with Crippen LogP contribution in [0.15, 0.2) is 17.3 Å². The van der Waals surface area contributed by atoms with Crippen LogP contribution >= 0.6 is 0 Å². The van der Waals surface area contributed by atoms with Gasteiger partial charge in [0.2, 0.25) is 0 Å². The van der Waals surface area contributed by atoms with E-state index in [2.05, 4.69) is 31.1 Å². The summed E-state index contributed by atoms with van der Waals surface area (Å²) in [6.07, 6.45) is 1.76. The topological polar surface area (TPSA) is 21.6 Å². The van der Waals surface area contributed by atoms with E-state index in [0.717, 1.165) is 5.46 Å². The molecule has 0 unspecified atom stereocenters. The molecule has 1 aliphatic heterocycles. The molecule has 1 aromatic rings. The SMILES string of the molecule is Cc1ccc(C)c2c1[B]ON=C2. The summed E-state index contributed by atoms with van der Waals surface area (Å²) in [5, 5.41) is 3.74. The number of oxime groups is 1. The van der Waals surface area contributed by atoms with Crippen LogP contribution < -0.4 is 5.46 Å². The molecule has 0 spiro atoms. The van der Waals surface area contributed by atoms with E-state index in [1.54, 1.807) is 13.7 Å². The molecule has 0 amide bonds. The van der Waals surface area contributed by atoms with E-state index in [9.17, 15) is 0 Å². The predicted molar refractivity (Wildman–Crippen MR) is 50.0 cm³/mol. The van der Waals surface area contributed by atoms with E-state index in [-0.39, 0.29) is 0 Å². The van der Waals surface area contributed by atoms with Crippen molar-refractivity contribution in [1.82, 2.24) is 0 Å². The molecule has 0 saturated heterocycles. The Hall–Kier alpha value is -1.25. The molecule has 1 aliphatic rings. The molecule has 0 aliphatic carbocycles. The van der Waals surface area contributed by atoms with Crippen LogP contribution in [0.2, 0.25) is 0 Å². The maximum atomic E-state index is 4.88. The lowest BCUT2D eigenvalue weighted by atomic mass is 9.79. The van der Waals surface area contributed by atoms with Crippen molar-refractivity contribution in [3.8, 4) is 0 Å². The molecule has 0 aromatic heterocycles. The lowest BCUT2D eigenvalue weighted by Gasteiger charge is -2.13. The van der Waals surface area contributed by atoms with Gasteiger partial charge in [0.1, 0.15) is 0 Å². The summed E-state index contributed by atoms with van der Waals surface area (Å²) in [6.45, 7) is 4.14. The van der Waals surface area contributed by atoms with Gasteiger partial charge in [0.25, 0.3) is 0 Å². The first-order chi connectivity index (χ1) is 5.79. The van der Waals surface area contributed by atoms with Crippen molar-refractivity contribution in [3.63, 3.8) is 0 Å². The van der Waals surface area contributed by atoms with Gasteiger partial charge in [0.05, 0.1) is 6.21 Å². The molecule has 1 radical (unpaired) electrons. The zero-order valence-corrected chi connectivity index (χ0v) is 7.16. The van der Waals surface area contributed by atoms with E-state index in [4.69, 9.17) is 4.76 Å². The molecule has 0 saturated carbocycles. The summed E-state index contributed by atoms with van der Waals surface area (Å²) >= 11 is 0. The Morgan fingerprint density at radius 1 is 1.25 bits per heavy atom. The van der Waals surface area contributed by atoms with Gasteiger partial charge < -0.3 is 4.76 Å². The molecular weight excluding hydrogens is 149 g/mol. The van der Waals surface area contributed by atoms with E-state index in [0.29, 0.717) is 0 Å². The van der Waals surface area contributed by atoms with Crippen LogP contribution in [0.1, 0.15) is 16.7 Å². The van der Waals surface area contributed by atoms with Gasteiger partial charge in [-0.15, -0.1) is 5.16 Å². The lowest BCUT2D eigenvalue weighted by Crippen LogP contribution is -2.27. The molecule has 0 N–H and O–H groups in total. The second kappa shape index (κ2) is 2.66. The summed E-state index contributed by atoms with van der Waals surface area (Å²) in [5.74, 6) is 0. The summed E-state index contributed by atoms with van der Waals surface area (Å²) in [4.78, 5) is 0. The maximum Gasteiger partial charge on any atom is 0.449 e. The number of hydrogen-bond donors (Lipinski definition) is 0. The van der Waals surface area contributed by atoms with Crippen LogP contribution in [0.4, 0.5) is 0 Å². The molecule has 0 fully saturated rings. The van der Waals surface area contributed by atoms with Crippen LogP contribution in [0.25, 0.3) is 0 Å². The molecule has 2 nitrogen and oxygen atoms in total. The fourth-order valence-corrected chi connectivity index (χ4v) is 1.35.